The minimum absolute atomic E-state index is 0.827. The Labute approximate surface area is 150 Å². The molecule has 4 heteroatoms. The van der Waals surface area contributed by atoms with E-state index in [1.165, 1.54) is 37.7 Å². The van der Waals surface area contributed by atoms with Gasteiger partial charge in [-0.25, -0.2) is 4.98 Å². The second kappa shape index (κ2) is 7.42. The number of piperidine rings is 2. The number of nitrogens with zero attached hydrogens (tertiary/aromatic N) is 4. The van der Waals surface area contributed by atoms with Gasteiger partial charge in [0.05, 0.1) is 5.69 Å². The smallest absolute Gasteiger partial charge is 0.227 e. The highest BCUT2D eigenvalue weighted by Crippen LogP contribution is 2.28. The summed E-state index contributed by atoms with van der Waals surface area (Å²) in [6.07, 6.45) is 6.32. The predicted molar refractivity (Wildman–Crippen MR) is 104 cm³/mol. The number of anilines is 2. The molecule has 2 aliphatic heterocycles. The van der Waals surface area contributed by atoms with E-state index in [2.05, 4.69) is 53.1 Å². The van der Waals surface area contributed by atoms with Crippen LogP contribution in [0.25, 0.3) is 11.3 Å². The topological polar surface area (TPSA) is 32.3 Å². The largest absolute Gasteiger partial charge is 0.356 e. The Balaban J connectivity index is 1.69. The zero-order chi connectivity index (χ0) is 17.1. The third-order valence-corrected chi connectivity index (χ3v) is 5.52. The van der Waals surface area contributed by atoms with Crippen LogP contribution in [0.1, 0.15) is 39.0 Å². The predicted octanol–water partition coefficient (Wildman–Crippen LogP) is 4.37. The molecule has 1 aromatic carbocycles. The molecule has 1 aromatic heterocycles. The Morgan fingerprint density at radius 3 is 2.28 bits per heavy atom. The third kappa shape index (κ3) is 3.78. The Morgan fingerprint density at radius 2 is 1.56 bits per heavy atom. The molecular weight excluding hydrogens is 308 g/mol. The van der Waals surface area contributed by atoms with E-state index in [0.29, 0.717) is 0 Å². The first-order chi connectivity index (χ1) is 12.3. The Hall–Kier alpha value is -2.10. The second-order valence-electron chi connectivity index (χ2n) is 7.49. The highest BCUT2D eigenvalue weighted by molar-refractivity contribution is 5.65. The van der Waals surface area contributed by atoms with Crippen molar-refractivity contribution < 1.29 is 0 Å². The minimum Gasteiger partial charge on any atom is -0.356 e. The maximum Gasteiger partial charge on any atom is 0.227 e. The number of rotatable bonds is 3. The molecule has 0 saturated carbocycles. The van der Waals surface area contributed by atoms with Crippen molar-refractivity contribution >= 4 is 11.8 Å². The van der Waals surface area contributed by atoms with Crippen LogP contribution in [0.4, 0.5) is 11.8 Å². The van der Waals surface area contributed by atoms with Crippen LogP contribution in [0.2, 0.25) is 0 Å². The molecule has 2 aliphatic rings. The van der Waals surface area contributed by atoms with E-state index in [4.69, 9.17) is 9.97 Å². The first kappa shape index (κ1) is 16.4. The molecule has 0 bridgehead atoms. The van der Waals surface area contributed by atoms with Crippen molar-refractivity contribution in [1.82, 2.24) is 9.97 Å². The lowest BCUT2D eigenvalue weighted by molar-refractivity contribution is 0.436. The van der Waals surface area contributed by atoms with E-state index in [9.17, 15) is 0 Å². The summed E-state index contributed by atoms with van der Waals surface area (Å²) in [5.74, 6) is 2.84. The van der Waals surface area contributed by atoms with Gasteiger partial charge in [0.15, 0.2) is 0 Å². The van der Waals surface area contributed by atoms with Gasteiger partial charge in [-0.1, -0.05) is 37.3 Å². The molecule has 0 spiro atoms. The monoisotopic (exact) mass is 336 g/mol. The van der Waals surface area contributed by atoms with Gasteiger partial charge < -0.3 is 9.80 Å². The summed E-state index contributed by atoms with van der Waals surface area (Å²) in [5.41, 5.74) is 2.22. The Kier molecular flexibility index (Phi) is 4.86. The van der Waals surface area contributed by atoms with Gasteiger partial charge in [0.2, 0.25) is 5.95 Å². The van der Waals surface area contributed by atoms with E-state index in [-0.39, 0.29) is 0 Å². The van der Waals surface area contributed by atoms with Crippen molar-refractivity contribution in [2.24, 2.45) is 5.92 Å². The summed E-state index contributed by atoms with van der Waals surface area (Å²) < 4.78 is 0. The van der Waals surface area contributed by atoms with Gasteiger partial charge in [-0.15, -0.1) is 0 Å². The van der Waals surface area contributed by atoms with Gasteiger partial charge in [0.1, 0.15) is 5.82 Å². The number of hydrogen-bond acceptors (Lipinski definition) is 4. The van der Waals surface area contributed by atoms with Crippen molar-refractivity contribution in [3.63, 3.8) is 0 Å². The van der Waals surface area contributed by atoms with Crippen LogP contribution in [0.3, 0.4) is 0 Å². The van der Waals surface area contributed by atoms with E-state index in [0.717, 1.165) is 49.6 Å². The van der Waals surface area contributed by atoms with Gasteiger partial charge in [-0.3, -0.25) is 0 Å². The molecule has 0 atom stereocenters. The first-order valence-electron chi connectivity index (χ1n) is 9.74. The molecule has 132 valence electrons. The van der Waals surface area contributed by atoms with Crippen molar-refractivity contribution in [2.75, 3.05) is 36.0 Å². The van der Waals surface area contributed by atoms with Crippen molar-refractivity contribution in [2.45, 2.75) is 39.0 Å². The van der Waals surface area contributed by atoms with E-state index in [1.54, 1.807) is 0 Å². The molecule has 25 heavy (non-hydrogen) atoms. The molecule has 4 rings (SSSR count). The van der Waals surface area contributed by atoms with Crippen LogP contribution < -0.4 is 9.80 Å². The fourth-order valence-electron chi connectivity index (χ4n) is 3.81. The SMILES string of the molecule is CC1CCN(c2cc(-c3ccccc3)nc(N3CCCCC3)n2)CC1. The van der Waals surface area contributed by atoms with Crippen molar-refractivity contribution in [3.05, 3.63) is 36.4 Å². The summed E-state index contributed by atoms with van der Waals surface area (Å²) in [4.78, 5) is 14.7. The summed E-state index contributed by atoms with van der Waals surface area (Å²) >= 11 is 0. The Bertz CT molecular complexity index is 686. The summed E-state index contributed by atoms with van der Waals surface area (Å²) in [5, 5.41) is 0. The maximum absolute atomic E-state index is 4.97. The molecule has 0 N–H and O–H groups in total. The van der Waals surface area contributed by atoms with E-state index >= 15 is 0 Å². The molecule has 0 unspecified atom stereocenters. The lowest BCUT2D eigenvalue weighted by Gasteiger charge is -2.33. The normalized spacial score (nSPS) is 19.2. The average molecular weight is 336 g/mol. The number of benzene rings is 1. The zero-order valence-electron chi connectivity index (χ0n) is 15.2. The highest BCUT2D eigenvalue weighted by Gasteiger charge is 2.21. The highest BCUT2D eigenvalue weighted by atomic mass is 15.3. The fraction of sp³-hybridized carbons (Fsp3) is 0.524. The lowest BCUT2D eigenvalue weighted by atomic mass is 9.99. The van der Waals surface area contributed by atoms with Crippen LogP contribution in [-0.4, -0.2) is 36.1 Å². The molecule has 0 aliphatic carbocycles. The van der Waals surface area contributed by atoms with Crippen LogP contribution in [0, 0.1) is 5.92 Å². The van der Waals surface area contributed by atoms with E-state index < -0.39 is 0 Å². The summed E-state index contributed by atoms with van der Waals surface area (Å²) in [6, 6.07) is 12.7. The first-order valence-corrected chi connectivity index (χ1v) is 9.74. The quantitative estimate of drug-likeness (QED) is 0.833. The molecular formula is C21H28N4. The standard InChI is InChI=1S/C21H28N4/c1-17-10-14-24(15-11-17)20-16-19(18-8-4-2-5-9-18)22-21(23-20)25-12-6-3-7-13-25/h2,4-5,8-9,16-17H,3,6-7,10-15H2,1H3. The van der Waals surface area contributed by atoms with Gasteiger partial charge in [0, 0.05) is 37.8 Å². The summed E-state index contributed by atoms with van der Waals surface area (Å²) in [7, 11) is 0. The van der Waals surface area contributed by atoms with Crippen LogP contribution in [-0.2, 0) is 0 Å². The molecule has 2 saturated heterocycles. The van der Waals surface area contributed by atoms with Crippen LogP contribution in [0.15, 0.2) is 36.4 Å². The van der Waals surface area contributed by atoms with Crippen molar-refractivity contribution in [1.29, 1.82) is 0 Å². The molecule has 4 nitrogen and oxygen atoms in total. The van der Waals surface area contributed by atoms with Gasteiger partial charge >= 0.3 is 0 Å². The zero-order valence-corrected chi connectivity index (χ0v) is 15.2. The lowest BCUT2D eigenvalue weighted by Crippen LogP contribution is -2.35. The van der Waals surface area contributed by atoms with E-state index in [1.807, 2.05) is 0 Å². The molecule has 2 fully saturated rings. The van der Waals surface area contributed by atoms with Crippen molar-refractivity contribution in [3.8, 4) is 11.3 Å². The maximum atomic E-state index is 4.97. The number of aromatic nitrogens is 2. The second-order valence-corrected chi connectivity index (χ2v) is 7.49. The molecule has 0 radical (unpaired) electrons. The molecule has 2 aromatic rings. The minimum atomic E-state index is 0.827. The summed E-state index contributed by atoms with van der Waals surface area (Å²) in [6.45, 7) is 6.72. The average Bonchev–Trinajstić information content (AvgIpc) is 2.69. The van der Waals surface area contributed by atoms with Crippen LogP contribution in [0.5, 0.6) is 0 Å². The number of hydrogen-bond donors (Lipinski definition) is 0. The van der Waals surface area contributed by atoms with Gasteiger partial charge in [-0.05, 0) is 38.0 Å². The van der Waals surface area contributed by atoms with Crippen LogP contribution >= 0.6 is 0 Å². The molecule has 0 amide bonds. The van der Waals surface area contributed by atoms with Gasteiger partial charge in [0.25, 0.3) is 0 Å². The van der Waals surface area contributed by atoms with Gasteiger partial charge in [-0.2, -0.15) is 4.98 Å². The Morgan fingerprint density at radius 1 is 0.840 bits per heavy atom. The third-order valence-electron chi connectivity index (χ3n) is 5.52. The molecule has 3 heterocycles. The fourth-order valence-corrected chi connectivity index (χ4v) is 3.81.